The molecule has 2 aliphatic heterocycles. The molecule has 2 aromatic heterocycles. The van der Waals surface area contributed by atoms with Gasteiger partial charge in [0.1, 0.15) is 0 Å². The highest BCUT2D eigenvalue weighted by Crippen LogP contribution is 2.31. The number of nitrogens with one attached hydrogen (secondary N) is 1. The highest BCUT2D eigenvalue weighted by atomic mass is 32.2. The van der Waals surface area contributed by atoms with Gasteiger partial charge in [-0.05, 0) is 36.4 Å². The fraction of sp³-hybridized carbons (Fsp3) is 0.364. The fourth-order valence-corrected chi connectivity index (χ4v) is 9.08. The number of benzene rings is 2. The summed E-state index contributed by atoms with van der Waals surface area (Å²) in [6.45, 7) is 2.89. The molecule has 2 aromatic carbocycles. The van der Waals surface area contributed by atoms with E-state index >= 15 is 0 Å². The topological polar surface area (TPSA) is 134 Å². The number of ether oxygens (including phenoxy) is 2. The number of H-pyrrole nitrogens is 1. The standard InChI is InChI=1S/C22H23N5O6S4/c28-36(29,26-5-9-32-10-6-26)15-1-3-17-19(13-15)34-21(23-17)25-22-24-18-4-2-16(14-20(18)35-22)37(30,31)27-7-11-33-12-8-27/h1-4,13-14H,5-12H2,(H,23,24,25). The van der Waals surface area contributed by atoms with Crippen LogP contribution in [0.5, 0.6) is 0 Å². The summed E-state index contributed by atoms with van der Waals surface area (Å²) in [7, 11) is -7.21. The van der Waals surface area contributed by atoms with E-state index in [4.69, 9.17) is 9.47 Å². The van der Waals surface area contributed by atoms with Gasteiger partial charge in [-0.15, -0.1) is 0 Å². The van der Waals surface area contributed by atoms with Gasteiger partial charge in [0, 0.05) is 26.2 Å². The van der Waals surface area contributed by atoms with Crippen LogP contribution in [-0.4, -0.2) is 88.0 Å². The SMILES string of the molecule is O=S(=O)(c1ccc2nc(N=c3[nH]c4ccc(S(=O)(=O)N5CCOCC5)cc4s3)sc2c1)N1CCOCC1. The molecule has 11 nitrogen and oxygen atoms in total. The smallest absolute Gasteiger partial charge is 0.243 e. The number of aromatic amines is 1. The summed E-state index contributed by atoms with van der Waals surface area (Å²) in [6.07, 6.45) is 0. The molecule has 0 aliphatic carbocycles. The van der Waals surface area contributed by atoms with Crippen molar-refractivity contribution in [3.63, 3.8) is 0 Å². The Morgan fingerprint density at radius 3 is 1.97 bits per heavy atom. The molecule has 196 valence electrons. The Morgan fingerprint density at radius 1 is 0.784 bits per heavy atom. The van der Waals surface area contributed by atoms with Crippen molar-refractivity contribution < 1.29 is 26.3 Å². The van der Waals surface area contributed by atoms with E-state index in [9.17, 15) is 16.8 Å². The Labute approximate surface area is 221 Å². The summed E-state index contributed by atoms with van der Waals surface area (Å²) in [5, 5.41) is 0.472. The van der Waals surface area contributed by atoms with Crippen LogP contribution in [-0.2, 0) is 29.5 Å². The lowest BCUT2D eigenvalue weighted by Crippen LogP contribution is -2.40. The lowest BCUT2D eigenvalue weighted by Gasteiger charge is -2.26. The van der Waals surface area contributed by atoms with Gasteiger partial charge < -0.3 is 14.5 Å². The predicted octanol–water partition coefficient (Wildman–Crippen LogP) is 2.11. The molecule has 0 spiro atoms. The first-order chi connectivity index (χ1) is 17.8. The van der Waals surface area contributed by atoms with Crippen LogP contribution in [0.25, 0.3) is 20.4 Å². The predicted molar refractivity (Wildman–Crippen MR) is 140 cm³/mol. The monoisotopic (exact) mass is 581 g/mol. The van der Waals surface area contributed by atoms with Crippen molar-refractivity contribution >= 4 is 68.3 Å². The van der Waals surface area contributed by atoms with Gasteiger partial charge >= 0.3 is 0 Å². The van der Waals surface area contributed by atoms with E-state index in [0.717, 1.165) is 10.2 Å². The summed E-state index contributed by atoms with van der Waals surface area (Å²) in [4.78, 5) is 13.3. The Hall–Kier alpha value is -2.24. The molecule has 37 heavy (non-hydrogen) atoms. The van der Waals surface area contributed by atoms with Crippen molar-refractivity contribution in [2.24, 2.45) is 4.99 Å². The van der Waals surface area contributed by atoms with Crippen molar-refractivity contribution in [2.75, 3.05) is 52.6 Å². The van der Waals surface area contributed by atoms with Gasteiger partial charge in [-0.1, -0.05) is 22.7 Å². The number of sulfonamides is 2. The van der Waals surface area contributed by atoms with Gasteiger partial charge in [0.05, 0.1) is 56.7 Å². The second-order valence-corrected chi connectivity index (χ2v) is 14.4. The summed E-state index contributed by atoms with van der Waals surface area (Å²) in [5.41, 5.74) is 1.43. The molecular formula is C22H23N5O6S4. The van der Waals surface area contributed by atoms with Crippen molar-refractivity contribution in [2.45, 2.75) is 9.79 Å². The van der Waals surface area contributed by atoms with Gasteiger partial charge in [-0.3, -0.25) is 0 Å². The Morgan fingerprint density at radius 2 is 1.35 bits per heavy atom. The van der Waals surface area contributed by atoms with E-state index in [1.807, 2.05) is 0 Å². The molecule has 0 bridgehead atoms. The molecule has 0 unspecified atom stereocenters. The number of aromatic nitrogens is 2. The molecule has 2 fully saturated rings. The molecule has 4 heterocycles. The summed E-state index contributed by atoms with van der Waals surface area (Å²) < 4.78 is 66.9. The summed E-state index contributed by atoms with van der Waals surface area (Å²) in [5.74, 6) is 0. The first-order valence-electron chi connectivity index (χ1n) is 11.5. The average Bonchev–Trinajstić information content (AvgIpc) is 3.51. The third-order valence-corrected chi connectivity index (χ3v) is 11.8. The third kappa shape index (κ3) is 4.85. The van der Waals surface area contributed by atoms with Crippen molar-refractivity contribution in [1.82, 2.24) is 18.6 Å². The number of fused-ring (bicyclic) bond motifs is 2. The van der Waals surface area contributed by atoms with Crippen molar-refractivity contribution in [3.8, 4) is 0 Å². The average molecular weight is 582 g/mol. The molecule has 1 N–H and O–H groups in total. The van der Waals surface area contributed by atoms with Crippen LogP contribution in [0.1, 0.15) is 0 Å². The number of thiazole rings is 2. The molecule has 0 radical (unpaired) electrons. The largest absolute Gasteiger partial charge is 0.379 e. The molecule has 2 aliphatic rings. The fourth-order valence-electron chi connectivity index (χ4n) is 4.21. The maximum atomic E-state index is 13.0. The number of rotatable bonds is 5. The van der Waals surface area contributed by atoms with Gasteiger partial charge in [-0.2, -0.15) is 13.6 Å². The molecule has 2 saturated heterocycles. The first kappa shape index (κ1) is 25.1. The molecule has 15 heteroatoms. The number of hydrogen-bond donors (Lipinski definition) is 1. The van der Waals surface area contributed by atoms with Crippen molar-refractivity contribution in [1.29, 1.82) is 0 Å². The maximum Gasteiger partial charge on any atom is 0.243 e. The zero-order valence-corrected chi connectivity index (χ0v) is 22.8. The van der Waals surface area contributed by atoms with E-state index in [2.05, 4.69) is 15.0 Å². The molecule has 0 saturated carbocycles. The van der Waals surface area contributed by atoms with Crippen LogP contribution in [0.3, 0.4) is 0 Å². The summed E-state index contributed by atoms with van der Waals surface area (Å²) in [6, 6.07) is 9.87. The van der Waals surface area contributed by atoms with Crippen molar-refractivity contribution in [3.05, 3.63) is 41.2 Å². The van der Waals surface area contributed by atoms with Gasteiger partial charge in [0.15, 0.2) is 4.80 Å². The molecule has 0 atom stereocenters. The van der Waals surface area contributed by atoms with Crippen LogP contribution in [0.4, 0.5) is 5.13 Å². The first-order valence-corrected chi connectivity index (χ1v) is 16.1. The van der Waals surface area contributed by atoms with E-state index < -0.39 is 20.0 Å². The third-order valence-electron chi connectivity index (χ3n) is 6.16. The van der Waals surface area contributed by atoms with E-state index in [0.29, 0.717) is 72.8 Å². The second kappa shape index (κ2) is 9.81. The van der Waals surface area contributed by atoms with Crippen LogP contribution < -0.4 is 4.80 Å². The highest BCUT2D eigenvalue weighted by Gasteiger charge is 2.28. The number of morpholine rings is 2. The minimum atomic E-state index is -3.61. The number of nitrogens with zero attached hydrogens (tertiary/aromatic N) is 4. The molecule has 4 aromatic rings. The van der Waals surface area contributed by atoms with Gasteiger partial charge in [0.25, 0.3) is 0 Å². The van der Waals surface area contributed by atoms with Crippen LogP contribution in [0.2, 0.25) is 0 Å². The van der Waals surface area contributed by atoms with Crippen LogP contribution >= 0.6 is 22.7 Å². The minimum Gasteiger partial charge on any atom is -0.379 e. The zero-order chi connectivity index (χ0) is 25.6. The highest BCUT2D eigenvalue weighted by molar-refractivity contribution is 7.89. The van der Waals surface area contributed by atoms with Crippen LogP contribution in [0.15, 0.2) is 51.2 Å². The van der Waals surface area contributed by atoms with Gasteiger partial charge in [-0.25, -0.2) is 21.8 Å². The second-order valence-electron chi connectivity index (χ2n) is 8.46. The Bertz CT molecular complexity index is 1750. The maximum absolute atomic E-state index is 13.0. The van der Waals surface area contributed by atoms with Gasteiger partial charge in [0.2, 0.25) is 25.2 Å². The van der Waals surface area contributed by atoms with Crippen LogP contribution in [0, 0.1) is 0 Å². The minimum absolute atomic E-state index is 0.222. The van der Waals surface area contributed by atoms with E-state index in [1.165, 1.54) is 31.3 Å². The van der Waals surface area contributed by atoms with E-state index in [1.54, 1.807) is 36.4 Å². The summed E-state index contributed by atoms with van der Waals surface area (Å²) >= 11 is 2.62. The lowest BCUT2D eigenvalue weighted by atomic mass is 10.3. The zero-order valence-electron chi connectivity index (χ0n) is 19.5. The quantitative estimate of drug-likeness (QED) is 0.382. The van der Waals surface area contributed by atoms with E-state index in [-0.39, 0.29) is 9.79 Å². The molecule has 0 amide bonds. The normalized spacial score (nSPS) is 19.2. The Kier molecular flexibility index (Phi) is 6.65. The molecular weight excluding hydrogens is 559 g/mol. The number of hydrogen-bond acceptors (Lipinski definition) is 10. The molecule has 6 rings (SSSR count). The Balaban J connectivity index is 1.30. The lowest BCUT2D eigenvalue weighted by molar-refractivity contribution is 0.0730.